The molecule has 1 unspecified atom stereocenters. The van der Waals surface area contributed by atoms with E-state index in [9.17, 15) is 23.1 Å². The maximum absolute atomic E-state index is 15.6. The van der Waals surface area contributed by atoms with Crippen LogP contribution in [0.15, 0.2) is 54.1 Å². The lowest BCUT2D eigenvalue weighted by Gasteiger charge is -2.33. The Bertz CT molecular complexity index is 1270. The summed E-state index contributed by atoms with van der Waals surface area (Å²) in [7, 11) is 1.26. The fourth-order valence-electron chi connectivity index (χ4n) is 4.57. The molecule has 2 aliphatic rings. The van der Waals surface area contributed by atoms with Crippen LogP contribution in [0.4, 0.5) is 17.6 Å². The van der Waals surface area contributed by atoms with Gasteiger partial charge in [-0.25, -0.2) is 4.39 Å². The van der Waals surface area contributed by atoms with Crippen LogP contribution < -0.4 is 20.9 Å². The Morgan fingerprint density at radius 2 is 1.94 bits per heavy atom. The van der Waals surface area contributed by atoms with Crippen molar-refractivity contribution in [3.05, 3.63) is 75.8 Å². The van der Waals surface area contributed by atoms with Crippen molar-refractivity contribution in [3.63, 3.8) is 0 Å². The molecule has 7 nitrogen and oxygen atoms in total. The number of amides is 1. The van der Waals surface area contributed by atoms with Gasteiger partial charge in [0.05, 0.1) is 0 Å². The van der Waals surface area contributed by atoms with Gasteiger partial charge in [-0.1, -0.05) is 42.0 Å². The molecule has 0 radical (unpaired) electrons. The topological polar surface area (TPSA) is 117 Å². The Kier molecular flexibility index (Phi) is 6.78. The van der Waals surface area contributed by atoms with Gasteiger partial charge in [-0.3, -0.25) is 4.79 Å². The van der Waals surface area contributed by atoms with Gasteiger partial charge in [0.15, 0.2) is 11.8 Å². The molecule has 1 amide bonds. The Balaban J connectivity index is 1.95. The average molecular weight is 529 g/mol. The first-order valence-corrected chi connectivity index (χ1v) is 11.0. The van der Waals surface area contributed by atoms with Crippen molar-refractivity contribution in [1.29, 1.82) is 0 Å². The van der Waals surface area contributed by atoms with Crippen LogP contribution in [0.3, 0.4) is 0 Å². The monoisotopic (exact) mass is 528 g/mol. The first kappa shape index (κ1) is 26.0. The van der Waals surface area contributed by atoms with Gasteiger partial charge in [0.1, 0.15) is 23.7 Å². The minimum absolute atomic E-state index is 0.0267. The first-order chi connectivity index (χ1) is 16.9. The second kappa shape index (κ2) is 9.40. The molecule has 1 aliphatic heterocycles. The molecule has 192 valence electrons. The molecule has 1 aliphatic carbocycles. The number of alkyl halides is 4. The van der Waals surface area contributed by atoms with E-state index in [1.54, 1.807) is 0 Å². The molecule has 12 heteroatoms. The smallest absolute Gasteiger partial charge is 0.478 e. The number of halogens is 5. The number of para-hydroxylation sites is 1. The van der Waals surface area contributed by atoms with E-state index in [0.717, 1.165) is 6.07 Å². The molecule has 2 aromatic carbocycles. The summed E-state index contributed by atoms with van der Waals surface area (Å²) in [6.07, 6.45) is -7.22. The predicted molar refractivity (Wildman–Crippen MR) is 122 cm³/mol. The number of aliphatic hydroxyl groups is 1. The number of aliphatic hydroxyl groups excluding tert-OH is 1. The second-order valence-electron chi connectivity index (χ2n) is 8.13. The summed E-state index contributed by atoms with van der Waals surface area (Å²) >= 11 is 6.44. The van der Waals surface area contributed by atoms with Crippen molar-refractivity contribution in [1.82, 2.24) is 0 Å². The number of rotatable bonds is 6. The van der Waals surface area contributed by atoms with Gasteiger partial charge in [-0.15, -0.1) is 13.2 Å². The van der Waals surface area contributed by atoms with Crippen LogP contribution in [-0.4, -0.2) is 43.3 Å². The van der Waals surface area contributed by atoms with E-state index in [-0.39, 0.29) is 38.6 Å². The van der Waals surface area contributed by atoms with Gasteiger partial charge < -0.3 is 30.8 Å². The number of hydrogen-bond acceptors (Lipinski definition) is 6. The van der Waals surface area contributed by atoms with Gasteiger partial charge in [0.2, 0.25) is 5.91 Å². The Hall–Kier alpha value is -3.12. The molecule has 0 spiro atoms. The molecular formula is C24H21ClF4N2O5. The molecule has 4 atom stereocenters. The van der Waals surface area contributed by atoms with E-state index in [0.29, 0.717) is 0 Å². The molecular weight excluding hydrogens is 508 g/mol. The molecule has 0 aromatic heterocycles. The second-order valence-corrected chi connectivity index (χ2v) is 8.54. The van der Waals surface area contributed by atoms with Crippen molar-refractivity contribution in [2.24, 2.45) is 11.5 Å². The highest BCUT2D eigenvalue weighted by atomic mass is 35.5. The quantitative estimate of drug-likeness (QED) is 0.492. The molecule has 5 N–H and O–H groups in total. The van der Waals surface area contributed by atoms with Gasteiger partial charge >= 0.3 is 6.36 Å². The van der Waals surface area contributed by atoms with Crippen LogP contribution in [0.1, 0.15) is 22.8 Å². The summed E-state index contributed by atoms with van der Waals surface area (Å²) in [6, 6.07) is 7.74. The summed E-state index contributed by atoms with van der Waals surface area (Å²) in [5.74, 6) is -1.63. The van der Waals surface area contributed by atoms with Crippen LogP contribution in [0.25, 0.3) is 5.57 Å². The fraction of sp³-hybridized carbons (Fsp3) is 0.292. The van der Waals surface area contributed by atoms with Crippen molar-refractivity contribution < 1.29 is 41.7 Å². The summed E-state index contributed by atoms with van der Waals surface area (Å²) < 4.78 is 70.2. The zero-order chi connectivity index (χ0) is 26.4. The number of carbonyl (C=O) groups excluding carboxylic acids is 1. The zero-order valence-corrected chi connectivity index (χ0v) is 19.4. The van der Waals surface area contributed by atoms with Crippen LogP contribution in [0, 0.1) is 0 Å². The molecule has 1 heterocycles. The number of carbonyl (C=O) groups is 1. The number of primary amides is 1. The van der Waals surface area contributed by atoms with E-state index in [2.05, 4.69) is 4.74 Å². The Morgan fingerprint density at radius 3 is 2.56 bits per heavy atom. The highest BCUT2D eigenvalue weighted by molar-refractivity contribution is 6.33. The summed E-state index contributed by atoms with van der Waals surface area (Å²) in [6.45, 7) is -0.500. The van der Waals surface area contributed by atoms with Crippen LogP contribution in [0.5, 0.6) is 11.5 Å². The van der Waals surface area contributed by atoms with Crippen molar-refractivity contribution in [2.75, 3.05) is 13.7 Å². The molecule has 0 bridgehead atoms. The molecule has 0 saturated carbocycles. The standard InChI is InChI=1S/C24H21ClF4N2O5/c1-34-16-8-6-11(22(31)33)17(20(16)26)18-13(25)7-9-15-19(18)21(32)23(10-30,35-15)12-4-2-3-5-14(12)36-24(27,28)29/h2-9,16,20-21,32H,10,30H2,1H3,(H2,31,33)/t16-,20?,21-,23+/m0/s1. The zero-order valence-electron chi connectivity index (χ0n) is 18.7. The Morgan fingerprint density at radius 1 is 1.25 bits per heavy atom. The largest absolute Gasteiger partial charge is 0.573 e. The molecule has 0 saturated heterocycles. The van der Waals surface area contributed by atoms with E-state index in [1.165, 1.54) is 49.6 Å². The number of methoxy groups -OCH3 is 1. The molecule has 36 heavy (non-hydrogen) atoms. The maximum atomic E-state index is 15.6. The van der Waals surface area contributed by atoms with Gasteiger partial charge in [0, 0.05) is 46.5 Å². The first-order valence-electron chi connectivity index (χ1n) is 10.6. The third kappa shape index (κ3) is 4.21. The van der Waals surface area contributed by atoms with Gasteiger partial charge in [-0.2, -0.15) is 0 Å². The van der Waals surface area contributed by atoms with Crippen molar-refractivity contribution in [3.8, 4) is 11.5 Å². The van der Waals surface area contributed by atoms with Crippen molar-refractivity contribution in [2.45, 2.75) is 30.3 Å². The van der Waals surface area contributed by atoms with Crippen LogP contribution in [0.2, 0.25) is 5.02 Å². The highest BCUT2D eigenvalue weighted by Gasteiger charge is 2.53. The van der Waals surface area contributed by atoms with E-state index in [1.807, 2.05) is 0 Å². The lowest BCUT2D eigenvalue weighted by atomic mass is 9.80. The van der Waals surface area contributed by atoms with E-state index in [4.69, 9.17) is 32.5 Å². The lowest BCUT2D eigenvalue weighted by Crippen LogP contribution is -2.43. The Labute approximate surface area is 207 Å². The maximum Gasteiger partial charge on any atom is 0.573 e. The molecule has 4 rings (SSSR count). The molecule has 2 aromatic rings. The number of ether oxygens (including phenoxy) is 3. The van der Waals surface area contributed by atoms with Gasteiger partial charge in [-0.05, 0) is 18.2 Å². The van der Waals surface area contributed by atoms with E-state index < -0.39 is 48.5 Å². The van der Waals surface area contributed by atoms with E-state index >= 15 is 4.39 Å². The third-order valence-corrected chi connectivity index (χ3v) is 6.46. The van der Waals surface area contributed by atoms with Crippen molar-refractivity contribution >= 4 is 23.1 Å². The summed E-state index contributed by atoms with van der Waals surface area (Å²) in [4.78, 5) is 12.2. The SMILES string of the molecule is CO[C@H]1C=CC(C(N)=O)=C(c2c(Cl)ccc3c2[C@H](O)[C@@](CN)(c2ccccc2OC(F)(F)F)O3)C1F. The highest BCUT2D eigenvalue weighted by Crippen LogP contribution is 2.55. The minimum Gasteiger partial charge on any atom is -0.478 e. The van der Waals surface area contributed by atoms with Gasteiger partial charge in [0.25, 0.3) is 0 Å². The predicted octanol–water partition coefficient (Wildman–Crippen LogP) is 3.68. The average Bonchev–Trinajstić information content (AvgIpc) is 3.11. The van der Waals surface area contributed by atoms with Crippen LogP contribution >= 0.6 is 11.6 Å². The molecule has 0 fully saturated rings. The normalized spacial score (nSPS) is 25.5. The van der Waals surface area contributed by atoms with Crippen LogP contribution in [-0.2, 0) is 15.1 Å². The number of benzene rings is 2. The lowest BCUT2D eigenvalue weighted by molar-refractivity contribution is -0.275. The fourth-order valence-corrected chi connectivity index (χ4v) is 4.83. The summed E-state index contributed by atoms with van der Waals surface area (Å²) in [5, 5.41) is 11.5. The number of hydrogen-bond donors (Lipinski definition) is 3. The number of nitrogens with two attached hydrogens (primary N) is 2. The third-order valence-electron chi connectivity index (χ3n) is 6.15. The minimum atomic E-state index is -5.04. The summed E-state index contributed by atoms with van der Waals surface area (Å²) in [5.41, 5.74) is 8.65. The number of fused-ring (bicyclic) bond motifs is 1.